The standard InChI is InChI=1S/C19H16N6O/c1-13-4-5-14(18-21-7-8-22-18)9-17(13)24-19(26)15-10-23-25(12-15)16-3-2-6-20-11-16/h2-12H,1H3,(H,21,22)(H,24,26). The van der Waals surface area contributed by atoms with Crippen LogP contribution in [0.4, 0.5) is 5.69 Å². The van der Waals surface area contributed by atoms with Gasteiger partial charge in [0.25, 0.3) is 5.91 Å². The Hall–Kier alpha value is -3.74. The minimum absolute atomic E-state index is 0.222. The van der Waals surface area contributed by atoms with E-state index in [4.69, 9.17) is 0 Å². The minimum Gasteiger partial charge on any atom is -0.345 e. The highest BCUT2D eigenvalue weighted by Crippen LogP contribution is 2.23. The van der Waals surface area contributed by atoms with Crippen molar-refractivity contribution in [3.63, 3.8) is 0 Å². The first-order valence-corrected chi connectivity index (χ1v) is 8.07. The molecule has 0 aliphatic heterocycles. The van der Waals surface area contributed by atoms with Crippen molar-refractivity contribution >= 4 is 11.6 Å². The Morgan fingerprint density at radius 1 is 1.19 bits per heavy atom. The van der Waals surface area contributed by atoms with Gasteiger partial charge in [-0.3, -0.25) is 9.78 Å². The van der Waals surface area contributed by atoms with Gasteiger partial charge in [-0.2, -0.15) is 5.10 Å². The van der Waals surface area contributed by atoms with Crippen molar-refractivity contribution in [2.45, 2.75) is 6.92 Å². The number of aromatic amines is 1. The number of benzene rings is 1. The van der Waals surface area contributed by atoms with Crippen molar-refractivity contribution in [3.05, 3.63) is 78.6 Å². The Bertz CT molecular complexity index is 1040. The highest BCUT2D eigenvalue weighted by molar-refractivity contribution is 6.04. The highest BCUT2D eigenvalue weighted by atomic mass is 16.1. The number of hydrogen-bond donors (Lipinski definition) is 2. The second-order valence-corrected chi connectivity index (χ2v) is 5.81. The van der Waals surface area contributed by atoms with Crippen LogP contribution in [-0.4, -0.2) is 30.6 Å². The molecule has 0 saturated heterocycles. The van der Waals surface area contributed by atoms with Crippen LogP contribution >= 0.6 is 0 Å². The number of nitrogens with zero attached hydrogens (tertiary/aromatic N) is 4. The smallest absolute Gasteiger partial charge is 0.258 e. The lowest BCUT2D eigenvalue weighted by Gasteiger charge is -2.09. The molecule has 0 spiro atoms. The van der Waals surface area contributed by atoms with Gasteiger partial charge in [0, 0.05) is 36.0 Å². The molecule has 1 amide bonds. The highest BCUT2D eigenvalue weighted by Gasteiger charge is 2.12. The van der Waals surface area contributed by atoms with E-state index >= 15 is 0 Å². The van der Waals surface area contributed by atoms with Crippen LogP contribution in [0.5, 0.6) is 0 Å². The maximum absolute atomic E-state index is 12.6. The van der Waals surface area contributed by atoms with Gasteiger partial charge in [0.1, 0.15) is 5.82 Å². The van der Waals surface area contributed by atoms with Crippen molar-refractivity contribution < 1.29 is 4.79 Å². The molecule has 0 saturated carbocycles. The number of carbonyl (C=O) groups excluding carboxylic acids is 1. The Labute approximate surface area is 149 Å². The minimum atomic E-state index is -0.222. The fourth-order valence-electron chi connectivity index (χ4n) is 2.59. The quantitative estimate of drug-likeness (QED) is 0.595. The molecule has 128 valence electrons. The van der Waals surface area contributed by atoms with E-state index in [1.165, 1.54) is 6.20 Å². The Kier molecular flexibility index (Phi) is 4.03. The second kappa shape index (κ2) is 6.64. The number of amides is 1. The molecular formula is C19H16N6O. The van der Waals surface area contributed by atoms with Crippen molar-refractivity contribution in [2.24, 2.45) is 0 Å². The lowest BCUT2D eigenvalue weighted by Crippen LogP contribution is -2.12. The number of anilines is 1. The van der Waals surface area contributed by atoms with E-state index in [-0.39, 0.29) is 5.91 Å². The summed E-state index contributed by atoms with van der Waals surface area (Å²) in [5.41, 5.74) is 3.87. The third kappa shape index (κ3) is 3.10. The lowest BCUT2D eigenvalue weighted by molar-refractivity contribution is 0.102. The number of H-pyrrole nitrogens is 1. The van der Waals surface area contributed by atoms with E-state index in [9.17, 15) is 4.79 Å². The molecule has 3 heterocycles. The summed E-state index contributed by atoms with van der Waals surface area (Å²) >= 11 is 0. The molecular weight excluding hydrogens is 328 g/mol. The zero-order valence-electron chi connectivity index (χ0n) is 14.0. The van der Waals surface area contributed by atoms with E-state index in [0.717, 1.165) is 28.3 Å². The average Bonchev–Trinajstić information content (AvgIpc) is 3.36. The van der Waals surface area contributed by atoms with Crippen LogP contribution in [0.3, 0.4) is 0 Å². The summed E-state index contributed by atoms with van der Waals surface area (Å²) in [7, 11) is 0. The van der Waals surface area contributed by atoms with Gasteiger partial charge in [0.15, 0.2) is 0 Å². The Morgan fingerprint density at radius 3 is 2.88 bits per heavy atom. The summed E-state index contributed by atoms with van der Waals surface area (Å²) in [6.07, 6.45) is 10.0. The zero-order valence-corrected chi connectivity index (χ0v) is 14.0. The molecule has 2 N–H and O–H groups in total. The summed E-state index contributed by atoms with van der Waals surface area (Å²) in [6.45, 7) is 1.95. The normalized spacial score (nSPS) is 10.7. The van der Waals surface area contributed by atoms with Crippen LogP contribution < -0.4 is 5.32 Å². The van der Waals surface area contributed by atoms with Crippen LogP contribution in [0.1, 0.15) is 15.9 Å². The second-order valence-electron chi connectivity index (χ2n) is 5.81. The molecule has 3 aromatic heterocycles. The van der Waals surface area contributed by atoms with Crippen molar-refractivity contribution in [1.29, 1.82) is 0 Å². The van der Waals surface area contributed by atoms with E-state index in [0.29, 0.717) is 5.56 Å². The first kappa shape index (κ1) is 15.8. The maximum Gasteiger partial charge on any atom is 0.258 e. The Morgan fingerprint density at radius 2 is 2.12 bits per heavy atom. The molecule has 4 aromatic rings. The van der Waals surface area contributed by atoms with E-state index < -0.39 is 0 Å². The van der Waals surface area contributed by atoms with Crippen LogP contribution in [0.15, 0.2) is 67.5 Å². The lowest BCUT2D eigenvalue weighted by atomic mass is 10.1. The van der Waals surface area contributed by atoms with Gasteiger partial charge < -0.3 is 10.3 Å². The van der Waals surface area contributed by atoms with Gasteiger partial charge in [-0.1, -0.05) is 12.1 Å². The SMILES string of the molecule is Cc1ccc(-c2ncc[nH]2)cc1NC(=O)c1cnn(-c2cccnc2)c1. The molecule has 1 aromatic carbocycles. The number of rotatable bonds is 4. The third-order valence-electron chi connectivity index (χ3n) is 4.01. The van der Waals surface area contributed by atoms with Gasteiger partial charge in [-0.25, -0.2) is 9.67 Å². The first-order valence-electron chi connectivity index (χ1n) is 8.07. The van der Waals surface area contributed by atoms with E-state index in [2.05, 4.69) is 25.4 Å². The van der Waals surface area contributed by atoms with Crippen LogP contribution in [0.2, 0.25) is 0 Å². The number of aryl methyl sites for hydroxylation is 1. The molecule has 0 aliphatic carbocycles. The number of imidazole rings is 1. The van der Waals surface area contributed by atoms with Crippen LogP contribution in [0, 0.1) is 6.92 Å². The van der Waals surface area contributed by atoms with Gasteiger partial charge in [0.05, 0.1) is 23.6 Å². The monoisotopic (exact) mass is 344 g/mol. The molecule has 0 radical (unpaired) electrons. The number of nitrogens with one attached hydrogen (secondary N) is 2. The third-order valence-corrected chi connectivity index (χ3v) is 4.01. The fraction of sp³-hybridized carbons (Fsp3) is 0.0526. The molecule has 0 atom stereocenters. The fourth-order valence-corrected chi connectivity index (χ4v) is 2.59. The molecule has 7 nitrogen and oxygen atoms in total. The predicted molar refractivity (Wildman–Crippen MR) is 98.1 cm³/mol. The number of hydrogen-bond acceptors (Lipinski definition) is 4. The largest absolute Gasteiger partial charge is 0.345 e. The predicted octanol–water partition coefficient (Wildman–Crippen LogP) is 3.22. The van der Waals surface area contributed by atoms with Crippen molar-refractivity contribution in [1.82, 2.24) is 24.7 Å². The van der Waals surface area contributed by atoms with Crippen LogP contribution in [0.25, 0.3) is 17.1 Å². The topological polar surface area (TPSA) is 88.5 Å². The molecule has 7 heteroatoms. The number of pyridine rings is 1. The number of aromatic nitrogens is 5. The molecule has 0 unspecified atom stereocenters. The molecule has 0 aliphatic rings. The van der Waals surface area contributed by atoms with Crippen molar-refractivity contribution in [3.8, 4) is 17.1 Å². The van der Waals surface area contributed by atoms with E-state index in [1.54, 1.807) is 35.7 Å². The van der Waals surface area contributed by atoms with Gasteiger partial charge >= 0.3 is 0 Å². The summed E-state index contributed by atoms with van der Waals surface area (Å²) in [4.78, 5) is 24.0. The van der Waals surface area contributed by atoms with Crippen molar-refractivity contribution in [2.75, 3.05) is 5.32 Å². The van der Waals surface area contributed by atoms with Gasteiger partial charge in [-0.15, -0.1) is 0 Å². The molecule has 0 fully saturated rings. The van der Waals surface area contributed by atoms with E-state index in [1.807, 2.05) is 37.3 Å². The summed E-state index contributed by atoms with van der Waals surface area (Å²) in [6, 6.07) is 9.51. The van der Waals surface area contributed by atoms with Crippen LogP contribution in [-0.2, 0) is 0 Å². The summed E-state index contributed by atoms with van der Waals surface area (Å²) in [5.74, 6) is 0.532. The summed E-state index contributed by atoms with van der Waals surface area (Å²) in [5, 5.41) is 7.17. The zero-order chi connectivity index (χ0) is 17.9. The van der Waals surface area contributed by atoms with Gasteiger partial charge in [0.2, 0.25) is 0 Å². The Balaban J connectivity index is 1.57. The molecule has 4 rings (SSSR count). The first-order chi connectivity index (χ1) is 12.7. The summed E-state index contributed by atoms with van der Waals surface area (Å²) < 4.78 is 1.62. The average molecular weight is 344 g/mol. The molecule has 0 bridgehead atoms. The number of carbonyl (C=O) groups is 1. The molecule has 26 heavy (non-hydrogen) atoms. The maximum atomic E-state index is 12.6. The van der Waals surface area contributed by atoms with Gasteiger partial charge in [-0.05, 0) is 30.7 Å².